The zero-order chi connectivity index (χ0) is 18.1. The van der Waals surface area contributed by atoms with Crippen LogP contribution in [0.3, 0.4) is 0 Å². The molecule has 26 heavy (non-hydrogen) atoms. The molecule has 5 heteroatoms. The molecule has 2 heterocycles. The molecule has 2 aromatic carbocycles. The monoisotopic (exact) mass is 361 g/mol. The highest BCUT2D eigenvalue weighted by Crippen LogP contribution is 2.26. The molecule has 0 saturated heterocycles. The Kier molecular flexibility index (Phi) is 4.19. The standard InChI is InChI=1S/C21H16ClN3O/c1-14-8-9-15(19-13-25-10-3-2-7-20(25)23-19)12-18(14)24-21(26)16-5-4-6-17(22)11-16/h2-13H,1H3,(H,24,26). The first-order valence-corrected chi connectivity index (χ1v) is 8.60. The molecule has 0 spiro atoms. The SMILES string of the molecule is Cc1ccc(-c2cn3ccccc3n2)cc1NC(=O)c1cccc(Cl)c1. The predicted molar refractivity (Wildman–Crippen MR) is 105 cm³/mol. The third-order valence-electron chi connectivity index (χ3n) is 4.23. The van der Waals surface area contributed by atoms with Crippen LogP contribution in [0.1, 0.15) is 15.9 Å². The van der Waals surface area contributed by atoms with Gasteiger partial charge in [0.15, 0.2) is 0 Å². The maximum atomic E-state index is 12.5. The van der Waals surface area contributed by atoms with E-state index in [1.165, 1.54) is 0 Å². The number of halogens is 1. The number of carbonyl (C=O) groups excluding carboxylic acids is 1. The molecule has 0 bridgehead atoms. The normalized spacial score (nSPS) is 10.8. The number of amides is 1. The summed E-state index contributed by atoms with van der Waals surface area (Å²) in [5, 5.41) is 3.50. The van der Waals surface area contributed by atoms with Crippen molar-refractivity contribution in [1.82, 2.24) is 9.38 Å². The Hall–Kier alpha value is -3.11. The number of fused-ring (bicyclic) bond motifs is 1. The van der Waals surface area contributed by atoms with Crippen LogP contribution in [-0.4, -0.2) is 15.3 Å². The number of carbonyl (C=O) groups is 1. The van der Waals surface area contributed by atoms with Gasteiger partial charge in [-0.15, -0.1) is 0 Å². The Labute approximate surface area is 156 Å². The molecule has 0 aliphatic rings. The summed E-state index contributed by atoms with van der Waals surface area (Å²) in [6, 6.07) is 18.7. The molecule has 0 aliphatic heterocycles. The van der Waals surface area contributed by atoms with Crippen molar-refractivity contribution in [3.05, 3.63) is 89.2 Å². The Morgan fingerprint density at radius 1 is 1.08 bits per heavy atom. The van der Waals surface area contributed by atoms with Crippen molar-refractivity contribution in [1.29, 1.82) is 0 Å². The van der Waals surface area contributed by atoms with E-state index in [9.17, 15) is 4.79 Å². The van der Waals surface area contributed by atoms with Gasteiger partial charge < -0.3 is 9.72 Å². The Bertz CT molecular complexity index is 1080. The molecule has 0 saturated carbocycles. The summed E-state index contributed by atoms with van der Waals surface area (Å²) >= 11 is 5.98. The van der Waals surface area contributed by atoms with Gasteiger partial charge in [-0.25, -0.2) is 4.98 Å². The molecule has 4 nitrogen and oxygen atoms in total. The molecule has 4 rings (SSSR count). The Morgan fingerprint density at radius 3 is 2.77 bits per heavy atom. The maximum Gasteiger partial charge on any atom is 0.255 e. The van der Waals surface area contributed by atoms with E-state index in [1.807, 2.05) is 60.1 Å². The first kappa shape index (κ1) is 16.4. The van der Waals surface area contributed by atoms with Crippen LogP contribution in [0.5, 0.6) is 0 Å². The highest BCUT2D eigenvalue weighted by atomic mass is 35.5. The number of nitrogens with zero attached hydrogens (tertiary/aromatic N) is 2. The van der Waals surface area contributed by atoms with Gasteiger partial charge in [-0.3, -0.25) is 4.79 Å². The third-order valence-corrected chi connectivity index (χ3v) is 4.47. The largest absolute Gasteiger partial charge is 0.322 e. The molecule has 0 fully saturated rings. The summed E-state index contributed by atoms with van der Waals surface area (Å²) in [4.78, 5) is 17.2. The number of benzene rings is 2. The fourth-order valence-corrected chi connectivity index (χ4v) is 3.00. The van der Waals surface area contributed by atoms with E-state index in [0.29, 0.717) is 10.6 Å². The summed E-state index contributed by atoms with van der Waals surface area (Å²) in [7, 11) is 0. The minimum Gasteiger partial charge on any atom is -0.322 e. The average Bonchev–Trinajstić information content (AvgIpc) is 3.07. The van der Waals surface area contributed by atoms with E-state index in [1.54, 1.807) is 24.3 Å². The zero-order valence-electron chi connectivity index (χ0n) is 14.1. The van der Waals surface area contributed by atoms with Crippen LogP contribution < -0.4 is 5.32 Å². The molecule has 1 amide bonds. The quantitative estimate of drug-likeness (QED) is 0.544. The second-order valence-electron chi connectivity index (χ2n) is 6.09. The highest BCUT2D eigenvalue weighted by molar-refractivity contribution is 6.31. The van der Waals surface area contributed by atoms with E-state index in [2.05, 4.69) is 10.3 Å². The first-order valence-electron chi connectivity index (χ1n) is 8.22. The van der Waals surface area contributed by atoms with Gasteiger partial charge in [0, 0.05) is 34.2 Å². The number of nitrogens with one attached hydrogen (secondary N) is 1. The number of pyridine rings is 1. The molecule has 0 aliphatic carbocycles. The number of aromatic nitrogens is 2. The van der Waals surface area contributed by atoms with Crippen LogP contribution in [0, 0.1) is 6.92 Å². The van der Waals surface area contributed by atoms with Crippen molar-refractivity contribution >= 4 is 28.8 Å². The van der Waals surface area contributed by atoms with Crippen molar-refractivity contribution in [2.75, 3.05) is 5.32 Å². The number of rotatable bonds is 3. The lowest BCUT2D eigenvalue weighted by atomic mass is 10.1. The van der Waals surface area contributed by atoms with Crippen molar-refractivity contribution in [2.45, 2.75) is 6.92 Å². The van der Waals surface area contributed by atoms with Crippen molar-refractivity contribution in [3.8, 4) is 11.3 Å². The minimum absolute atomic E-state index is 0.192. The molecular formula is C21H16ClN3O. The molecule has 0 atom stereocenters. The van der Waals surface area contributed by atoms with Crippen LogP contribution in [0.4, 0.5) is 5.69 Å². The fraction of sp³-hybridized carbons (Fsp3) is 0.0476. The van der Waals surface area contributed by atoms with Gasteiger partial charge in [0.2, 0.25) is 0 Å². The first-order chi connectivity index (χ1) is 12.6. The molecule has 0 radical (unpaired) electrons. The van der Waals surface area contributed by atoms with Gasteiger partial charge in [-0.1, -0.05) is 35.9 Å². The van der Waals surface area contributed by atoms with Crippen LogP contribution in [0.25, 0.3) is 16.9 Å². The van der Waals surface area contributed by atoms with E-state index < -0.39 is 0 Å². The number of hydrogen-bond acceptors (Lipinski definition) is 2. The number of anilines is 1. The van der Waals surface area contributed by atoms with Crippen LogP contribution in [-0.2, 0) is 0 Å². The lowest BCUT2D eigenvalue weighted by molar-refractivity contribution is 0.102. The van der Waals surface area contributed by atoms with Gasteiger partial charge in [-0.2, -0.15) is 0 Å². The van der Waals surface area contributed by atoms with Crippen LogP contribution in [0.2, 0.25) is 5.02 Å². The van der Waals surface area contributed by atoms with Crippen molar-refractivity contribution in [2.24, 2.45) is 0 Å². The summed E-state index contributed by atoms with van der Waals surface area (Å²) in [6.45, 7) is 1.96. The van der Waals surface area contributed by atoms with Gasteiger partial charge in [0.1, 0.15) is 5.65 Å². The lowest BCUT2D eigenvalue weighted by Gasteiger charge is -2.10. The molecule has 1 N–H and O–H groups in total. The van der Waals surface area contributed by atoms with E-state index in [4.69, 9.17) is 11.6 Å². The average molecular weight is 362 g/mol. The number of imidazole rings is 1. The number of aryl methyl sites for hydroxylation is 1. The topological polar surface area (TPSA) is 46.4 Å². The molecular weight excluding hydrogens is 346 g/mol. The summed E-state index contributed by atoms with van der Waals surface area (Å²) in [5.74, 6) is -0.192. The smallest absolute Gasteiger partial charge is 0.255 e. The molecule has 2 aromatic heterocycles. The van der Waals surface area contributed by atoms with Gasteiger partial charge in [0.25, 0.3) is 5.91 Å². The number of hydrogen-bond donors (Lipinski definition) is 1. The van der Waals surface area contributed by atoms with E-state index in [0.717, 1.165) is 28.2 Å². The van der Waals surface area contributed by atoms with Crippen LogP contribution >= 0.6 is 11.6 Å². The highest BCUT2D eigenvalue weighted by Gasteiger charge is 2.11. The molecule has 0 unspecified atom stereocenters. The molecule has 128 valence electrons. The fourth-order valence-electron chi connectivity index (χ4n) is 2.81. The van der Waals surface area contributed by atoms with Gasteiger partial charge in [0.05, 0.1) is 5.69 Å². The van der Waals surface area contributed by atoms with Gasteiger partial charge >= 0.3 is 0 Å². The van der Waals surface area contributed by atoms with Crippen LogP contribution in [0.15, 0.2) is 73.1 Å². The maximum absolute atomic E-state index is 12.5. The second kappa shape index (κ2) is 6.65. The summed E-state index contributed by atoms with van der Waals surface area (Å²) < 4.78 is 1.97. The van der Waals surface area contributed by atoms with E-state index >= 15 is 0 Å². The lowest BCUT2D eigenvalue weighted by Crippen LogP contribution is -2.12. The summed E-state index contributed by atoms with van der Waals surface area (Å²) in [5.41, 5.74) is 4.94. The van der Waals surface area contributed by atoms with E-state index in [-0.39, 0.29) is 5.91 Å². The van der Waals surface area contributed by atoms with Crippen molar-refractivity contribution < 1.29 is 4.79 Å². The minimum atomic E-state index is -0.192. The second-order valence-corrected chi connectivity index (χ2v) is 6.52. The molecule has 4 aromatic rings. The predicted octanol–water partition coefficient (Wildman–Crippen LogP) is 5.22. The third kappa shape index (κ3) is 3.19. The summed E-state index contributed by atoms with van der Waals surface area (Å²) in [6.07, 6.45) is 3.93. The Balaban J connectivity index is 1.67. The zero-order valence-corrected chi connectivity index (χ0v) is 14.9. The Morgan fingerprint density at radius 2 is 1.96 bits per heavy atom. The van der Waals surface area contributed by atoms with Gasteiger partial charge in [-0.05, 0) is 48.9 Å². The van der Waals surface area contributed by atoms with Crippen molar-refractivity contribution in [3.63, 3.8) is 0 Å².